The molecule has 1 aliphatic rings. The number of hydrogen-bond donors (Lipinski definition) is 3. The first-order valence-electron chi connectivity index (χ1n) is 5.64. The van der Waals surface area contributed by atoms with Crippen molar-refractivity contribution >= 4 is 17.6 Å². The van der Waals surface area contributed by atoms with E-state index < -0.39 is 0 Å². The average molecular weight is 230 g/mol. The van der Waals surface area contributed by atoms with Gasteiger partial charge in [0, 0.05) is 29.4 Å². The molecule has 0 bridgehead atoms. The summed E-state index contributed by atoms with van der Waals surface area (Å²) in [7, 11) is 0. The molecule has 1 fully saturated rings. The van der Waals surface area contributed by atoms with Crippen LogP contribution >= 0.6 is 0 Å². The van der Waals surface area contributed by atoms with Crippen molar-refractivity contribution in [3.63, 3.8) is 0 Å². The van der Waals surface area contributed by atoms with E-state index in [1.165, 1.54) is 18.5 Å². The van der Waals surface area contributed by atoms with Crippen molar-refractivity contribution in [2.75, 3.05) is 11.1 Å². The maximum Gasteiger partial charge on any atom is 0.222 e. The lowest BCUT2D eigenvalue weighted by Crippen LogP contribution is -2.01. The number of aromatic amines is 1. The SMILES string of the molecule is Cc1cc(Nc2cc(C3CC3)[nH]n2)nc(N)n1. The maximum absolute atomic E-state index is 5.59. The molecule has 0 amide bonds. The second kappa shape index (κ2) is 3.73. The van der Waals surface area contributed by atoms with Crippen molar-refractivity contribution in [3.8, 4) is 0 Å². The molecule has 0 aliphatic heterocycles. The van der Waals surface area contributed by atoms with Crippen LogP contribution in [0.5, 0.6) is 0 Å². The molecule has 4 N–H and O–H groups in total. The highest BCUT2D eigenvalue weighted by atomic mass is 15.2. The van der Waals surface area contributed by atoms with Crippen molar-refractivity contribution in [1.29, 1.82) is 0 Å². The molecule has 3 rings (SSSR count). The zero-order valence-corrected chi connectivity index (χ0v) is 9.57. The first-order chi connectivity index (χ1) is 8.20. The first kappa shape index (κ1) is 10.1. The Morgan fingerprint density at radius 2 is 2.12 bits per heavy atom. The number of nitrogen functional groups attached to an aromatic ring is 1. The number of aryl methyl sites for hydroxylation is 1. The van der Waals surface area contributed by atoms with Crippen LogP contribution in [0.15, 0.2) is 12.1 Å². The monoisotopic (exact) mass is 230 g/mol. The van der Waals surface area contributed by atoms with Crippen LogP contribution in [-0.2, 0) is 0 Å². The molecular weight excluding hydrogens is 216 g/mol. The minimum atomic E-state index is 0.269. The molecule has 0 unspecified atom stereocenters. The molecule has 0 spiro atoms. The van der Waals surface area contributed by atoms with Crippen LogP contribution in [-0.4, -0.2) is 20.2 Å². The molecule has 6 nitrogen and oxygen atoms in total. The Morgan fingerprint density at radius 1 is 1.29 bits per heavy atom. The van der Waals surface area contributed by atoms with Gasteiger partial charge in [-0.05, 0) is 19.8 Å². The highest BCUT2D eigenvalue weighted by Gasteiger charge is 2.25. The molecule has 0 aromatic carbocycles. The van der Waals surface area contributed by atoms with Gasteiger partial charge in [0.1, 0.15) is 5.82 Å². The number of nitrogens with one attached hydrogen (secondary N) is 2. The number of anilines is 3. The number of hydrogen-bond acceptors (Lipinski definition) is 5. The molecule has 2 heterocycles. The van der Waals surface area contributed by atoms with E-state index in [1.54, 1.807) is 0 Å². The van der Waals surface area contributed by atoms with E-state index in [1.807, 2.05) is 19.1 Å². The standard InChI is InChI=1S/C11H14N6/c1-6-4-9(15-11(12)13-6)14-10-5-8(16-17-10)7-2-3-7/h4-5,7H,2-3H2,1H3,(H4,12,13,14,15,16,17). The Hall–Kier alpha value is -2.11. The molecule has 6 heteroatoms. The van der Waals surface area contributed by atoms with Gasteiger partial charge in [-0.3, -0.25) is 5.10 Å². The molecule has 0 radical (unpaired) electrons. The van der Waals surface area contributed by atoms with Crippen LogP contribution in [0.2, 0.25) is 0 Å². The zero-order valence-electron chi connectivity index (χ0n) is 9.57. The fraction of sp³-hybridized carbons (Fsp3) is 0.364. The van der Waals surface area contributed by atoms with Crippen molar-refractivity contribution < 1.29 is 0 Å². The summed E-state index contributed by atoms with van der Waals surface area (Å²) in [5.74, 6) is 2.37. The molecule has 2 aromatic rings. The van der Waals surface area contributed by atoms with Crippen LogP contribution in [0.3, 0.4) is 0 Å². The smallest absolute Gasteiger partial charge is 0.222 e. The van der Waals surface area contributed by atoms with Crippen LogP contribution in [0.4, 0.5) is 17.6 Å². The first-order valence-corrected chi connectivity index (χ1v) is 5.64. The maximum atomic E-state index is 5.59. The quantitative estimate of drug-likeness (QED) is 0.746. The van der Waals surface area contributed by atoms with Crippen molar-refractivity contribution in [3.05, 3.63) is 23.5 Å². The molecule has 1 aliphatic carbocycles. The number of nitrogens with two attached hydrogens (primary N) is 1. The second-order valence-electron chi connectivity index (χ2n) is 4.36. The normalized spacial score (nSPS) is 14.9. The van der Waals surface area contributed by atoms with Crippen molar-refractivity contribution in [2.24, 2.45) is 0 Å². The van der Waals surface area contributed by atoms with E-state index in [-0.39, 0.29) is 5.95 Å². The Kier molecular flexibility index (Phi) is 2.21. The van der Waals surface area contributed by atoms with Crippen LogP contribution < -0.4 is 11.1 Å². The van der Waals surface area contributed by atoms with Crippen LogP contribution in [0.25, 0.3) is 0 Å². The third kappa shape index (κ3) is 2.20. The minimum Gasteiger partial charge on any atom is -0.368 e. The largest absolute Gasteiger partial charge is 0.368 e. The lowest BCUT2D eigenvalue weighted by molar-refractivity contribution is 0.966. The van der Waals surface area contributed by atoms with Gasteiger partial charge in [-0.2, -0.15) is 10.1 Å². The van der Waals surface area contributed by atoms with Gasteiger partial charge in [0.15, 0.2) is 5.82 Å². The Balaban J connectivity index is 1.80. The second-order valence-corrected chi connectivity index (χ2v) is 4.36. The van der Waals surface area contributed by atoms with E-state index in [2.05, 4.69) is 25.5 Å². The summed E-state index contributed by atoms with van der Waals surface area (Å²) < 4.78 is 0. The fourth-order valence-corrected chi connectivity index (χ4v) is 1.79. The lowest BCUT2D eigenvalue weighted by atomic mass is 10.3. The molecule has 0 atom stereocenters. The molecule has 2 aromatic heterocycles. The summed E-state index contributed by atoms with van der Waals surface area (Å²) in [5.41, 5.74) is 7.60. The number of aromatic nitrogens is 4. The summed E-state index contributed by atoms with van der Waals surface area (Å²) in [6.07, 6.45) is 2.50. The number of rotatable bonds is 3. The highest BCUT2D eigenvalue weighted by Crippen LogP contribution is 2.39. The van der Waals surface area contributed by atoms with Gasteiger partial charge < -0.3 is 11.1 Å². The van der Waals surface area contributed by atoms with Gasteiger partial charge in [-0.1, -0.05) is 0 Å². The minimum absolute atomic E-state index is 0.269. The van der Waals surface area contributed by atoms with E-state index in [0.717, 1.165) is 11.5 Å². The van der Waals surface area contributed by atoms with Gasteiger partial charge in [0.2, 0.25) is 5.95 Å². The van der Waals surface area contributed by atoms with E-state index >= 15 is 0 Å². The van der Waals surface area contributed by atoms with Gasteiger partial charge in [-0.15, -0.1) is 0 Å². The predicted molar refractivity (Wildman–Crippen MR) is 65.0 cm³/mol. The van der Waals surface area contributed by atoms with Gasteiger partial charge in [-0.25, -0.2) is 4.98 Å². The summed E-state index contributed by atoms with van der Waals surface area (Å²) in [6.45, 7) is 1.88. The Labute approximate surface area is 98.7 Å². The van der Waals surface area contributed by atoms with Gasteiger partial charge in [0.05, 0.1) is 0 Å². The lowest BCUT2D eigenvalue weighted by Gasteiger charge is -2.03. The molecule has 1 saturated carbocycles. The average Bonchev–Trinajstić information content (AvgIpc) is 2.99. The number of nitrogens with zero attached hydrogens (tertiary/aromatic N) is 3. The van der Waals surface area contributed by atoms with Crippen molar-refractivity contribution in [2.45, 2.75) is 25.7 Å². The number of H-pyrrole nitrogens is 1. The summed E-state index contributed by atoms with van der Waals surface area (Å²) in [6, 6.07) is 3.85. The van der Waals surface area contributed by atoms with Gasteiger partial charge >= 0.3 is 0 Å². The van der Waals surface area contributed by atoms with Crippen LogP contribution in [0, 0.1) is 6.92 Å². The summed E-state index contributed by atoms with van der Waals surface area (Å²) >= 11 is 0. The highest BCUT2D eigenvalue weighted by molar-refractivity contribution is 5.53. The van der Waals surface area contributed by atoms with E-state index in [0.29, 0.717) is 11.7 Å². The third-order valence-corrected chi connectivity index (χ3v) is 2.74. The fourth-order valence-electron chi connectivity index (χ4n) is 1.79. The molecular formula is C11H14N6. The zero-order chi connectivity index (χ0) is 11.8. The predicted octanol–water partition coefficient (Wildman–Crippen LogP) is 1.71. The Morgan fingerprint density at radius 3 is 2.82 bits per heavy atom. The molecule has 0 saturated heterocycles. The molecule has 17 heavy (non-hydrogen) atoms. The summed E-state index contributed by atoms with van der Waals surface area (Å²) in [5, 5.41) is 10.3. The summed E-state index contributed by atoms with van der Waals surface area (Å²) in [4.78, 5) is 8.12. The van der Waals surface area contributed by atoms with Crippen LogP contribution in [0.1, 0.15) is 30.1 Å². The topological polar surface area (TPSA) is 92.5 Å². The third-order valence-electron chi connectivity index (χ3n) is 2.74. The van der Waals surface area contributed by atoms with Gasteiger partial charge in [0.25, 0.3) is 0 Å². The Bertz CT molecular complexity index is 522. The van der Waals surface area contributed by atoms with E-state index in [9.17, 15) is 0 Å². The van der Waals surface area contributed by atoms with E-state index in [4.69, 9.17) is 5.73 Å². The van der Waals surface area contributed by atoms with Crippen molar-refractivity contribution in [1.82, 2.24) is 20.2 Å². The molecule has 88 valence electrons.